The van der Waals surface area contributed by atoms with Gasteiger partial charge in [0.15, 0.2) is 5.82 Å². The summed E-state index contributed by atoms with van der Waals surface area (Å²) in [4.78, 5) is 29.5. The molecule has 8 nitrogen and oxygen atoms in total. The number of nitrogens with zero attached hydrogens (tertiary/aromatic N) is 5. The van der Waals surface area contributed by atoms with E-state index in [2.05, 4.69) is 30.0 Å². The second kappa shape index (κ2) is 9.12. The van der Waals surface area contributed by atoms with Gasteiger partial charge < -0.3 is 14.6 Å². The fourth-order valence-corrected chi connectivity index (χ4v) is 3.62. The smallest absolute Gasteiger partial charge is 0.388 e. The van der Waals surface area contributed by atoms with Gasteiger partial charge in [-0.15, -0.1) is 0 Å². The molecule has 174 valence electrons. The van der Waals surface area contributed by atoms with Crippen LogP contribution >= 0.6 is 0 Å². The number of carbonyl (C=O) groups is 1. The molecule has 1 aliphatic rings. The minimum Gasteiger partial charge on any atom is -0.417 e. The first-order valence-corrected chi connectivity index (χ1v) is 10.2. The number of aryl methyl sites for hydroxylation is 1. The van der Waals surface area contributed by atoms with Crippen LogP contribution in [0.25, 0.3) is 11.5 Å². The van der Waals surface area contributed by atoms with Crippen molar-refractivity contribution in [3.05, 3.63) is 48.3 Å². The van der Waals surface area contributed by atoms with Gasteiger partial charge in [0, 0.05) is 37.6 Å². The molecule has 1 aliphatic carbocycles. The number of nitrogens with one attached hydrogen (secondary N) is 1. The molecular formula is C21H20F4N6O2. The number of pyridine rings is 1. The molecule has 0 bridgehead atoms. The maximum atomic E-state index is 13.6. The largest absolute Gasteiger partial charge is 0.417 e. The van der Waals surface area contributed by atoms with Gasteiger partial charge in [0.05, 0.1) is 24.4 Å². The van der Waals surface area contributed by atoms with E-state index in [0.29, 0.717) is 11.4 Å². The van der Waals surface area contributed by atoms with E-state index >= 15 is 0 Å². The fourth-order valence-electron chi connectivity index (χ4n) is 3.62. The first-order chi connectivity index (χ1) is 15.7. The predicted molar refractivity (Wildman–Crippen MR) is 109 cm³/mol. The summed E-state index contributed by atoms with van der Waals surface area (Å²) >= 11 is 0. The Bertz CT molecular complexity index is 1130. The zero-order chi connectivity index (χ0) is 23.6. The van der Waals surface area contributed by atoms with Crippen LogP contribution in [0.3, 0.4) is 0 Å². The summed E-state index contributed by atoms with van der Waals surface area (Å²) in [5, 5.41) is 2.59. The number of ether oxygens (including phenoxy) is 1. The van der Waals surface area contributed by atoms with Crippen LogP contribution in [0, 0.1) is 0 Å². The van der Waals surface area contributed by atoms with Gasteiger partial charge in [-0.3, -0.25) is 4.79 Å². The molecule has 0 aromatic carbocycles. The number of amides is 1. The third-order valence-electron chi connectivity index (χ3n) is 5.36. The number of alkyl halides is 4. The van der Waals surface area contributed by atoms with Crippen molar-refractivity contribution in [3.8, 4) is 17.4 Å². The Kier molecular flexibility index (Phi) is 6.25. The Balaban J connectivity index is 1.61. The quantitative estimate of drug-likeness (QED) is 0.543. The maximum Gasteiger partial charge on any atom is 0.388 e. The molecule has 1 N–H and O–H groups in total. The number of hydrogen-bond acceptors (Lipinski definition) is 6. The average molecular weight is 464 g/mol. The SMILES string of the molecule is Cn1cncc1-c1nc(C(=O)Nc2ccc(OC(F)F)nc2)cc(C2CCC(F)(F)CC2)n1. The zero-order valence-corrected chi connectivity index (χ0v) is 17.5. The van der Waals surface area contributed by atoms with E-state index in [4.69, 9.17) is 0 Å². The summed E-state index contributed by atoms with van der Waals surface area (Å²) in [5.41, 5.74) is 1.32. The summed E-state index contributed by atoms with van der Waals surface area (Å²) in [6.07, 6.45) is 4.26. The number of carbonyl (C=O) groups excluding carboxylic acids is 1. The molecule has 0 spiro atoms. The monoisotopic (exact) mass is 464 g/mol. The number of anilines is 1. The van der Waals surface area contributed by atoms with Gasteiger partial charge >= 0.3 is 6.61 Å². The Morgan fingerprint density at radius 3 is 2.58 bits per heavy atom. The standard InChI is InChI=1S/C21H20F4N6O2/c1-31-11-26-10-16(31)18-29-14(12-4-6-21(24,25)7-5-12)8-15(30-18)19(32)28-13-2-3-17(27-9-13)33-20(22)23/h2-3,8-12,20H,4-7H2,1H3,(H,28,32). The molecule has 0 radical (unpaired) electrons. The Hall–Kier alpha value is -3.57. The Labute approximate surface area is 186 Å². The van der Waals surface area contributed by atoms with Crippen LogP contribution in [-0.2, 0) is 7.05 Å². The van der Waals surface area contributed by atoms with Crippen LogP contribution in [0.4, 0.5) is 23.2 Å². The average Bonchev–Trinajstić information content (AvgIpc) is 3.20. The number of rotatable bonds is 6. The summed E-state index contributed by atoms with van der Waals surface area (Å²) in [5.74, 6) is -3.57. The van der Waals surface area contributed by atoms with Crippen LogP contribution < -0.4 is 10.1 Å². The second-order valence-electron chi connectivity index (χ2n) is 7.74. The first-order valence-electron chi connectivity index (χ1n) is 10.2. The van der Waals surface area contributed by atoms with Gasteiger partial charge in [-0.2, -0.15) is 8.78 Å². The van der Waals surface area contributed by atoms with E-state index in [0.717, 1.165) is 0 Å². The van der Waals surface area contributed by atoms with Crippen molar-refractivity contribution in [2.75, 3.05) is 5.32 Å². The second-order valence-corrected chi connectivity index (χ2v) is 7.74. The highest BCUT2D eigenvalue weighted by molar-refractivity contribution is 6.03. The summed E-state index contributed by atoms with van der Waals surface area (Å²) in [6, 6.07) is 4.04. The van der Waals surface area contributed by atoms with Crippen LogP contribution in [0.1, 0.15) is 47.8 Å². The topological polar surface area (TPSA) is 94.8 Å². The minimum absolute atomic E-state index is 0.0291. The molecular weight excluding hydrogens is 444 g/mol. The summed E-state index contributed by atoms with van der Waals surface area (Å²) in [7, 11) is 1.74. The van der Waals surface area contributed by atoms with Crippen molar-refractivity contribution < 1.29 is 27.1 Å². The Morgan fingerprint density at radius 2 is 1.97 bits per heavy atom. The van der Waals surface area contributed by atoms with Crippen LogP contribution in [-0.4, -0.2) is 42.9 Å². The number of aromatic nitrogens is 5. The van der Waals surface area contributed by atoms with E-state index in [1.807, 2.05) is 0 Å². The van der Waals surface area contributed by atoms with E-state index in [1.54, 1.807) is 24.1 Å². The maximum absolute atomic E-state index is 13.6. The molecule has 12 heteroatoms. The normalized spacial score (nSPS) is 16.1. The molecule has 1 amide bonds. The summed E-state index contributed by atoms with van der Waals surface area (Å²) in [6.45, 7) is -3.01. The molecule has 1 fully saturated rings. The Morgan fingerprint density at radius 1 is 1.21 bits per heavy atom. The van der Waals surface area contributed by atoms with Crippen molar-refractivity contribution in [2.45, 2.75) is 44.1 Å². The lowest BCUT2D eigenvalue weighted by molar-refractivity contribution is -0.0528. The highest BCUT2D eigenvalue weighted by Gasteiger charge is 2.36. The van der Waals surface area contributed by atoms with E-state index in [9.17, 15) is 22.4 Å². The first kappa shape index (κ1) is 22.6. The van der Waals surface area contributed by atoms with Gasteiger partial charge in [0.25, 0.3) is 5.91 Å². The van der Waals surface area contributed by atoms with Gasteiger partial charge in [-0.1, -0.05) is 0 Å². The highest BCUT2D eigenvalue weighted by atomic mass is 19.3. The lowest BCUT2D eigenvalue weighted by Gasteiger charge is -2.28. The number of hydrogen-bond donors (Lipinski definition) is 1. The van der Waals surface area contributed by atoms with Crippen molar-refractivity contribution in [3.63, 3.8) is 0 Å². The van der Waals surface area contributed by atoms with Gasteiger partial charge in [-0.05, 0) is 25.0 Å². The predicted octanol–water partition coefficient (Wildman–Crippen LogP) is 4.42. The van der Waals surface area contributed by atoms with Crippen molar-refractivity contribution in [1.29, 1.82) is 0 Å². The highest BCUT2D eigenvalue weighted by Crippen LogP contribution is 2.40. The van der Waals surface area contributed by atoms with Gasteiger partial charge in [0.2, 0.25) is 11.8 Å². The number of halogens is 4. The van der Waals surface area contributed by atoms with Gasteiger partial charge in [-0.25, -0.2) is 28.7 Å². The van der Waals surface area contributed by atoms with E-state index in [1.165, 1.54) is 24.4 Å². The lowest BCUT2D eigenvalue weighted by atomic mass is 9.84. The van der Waals surface area contributed by atoms with Crippen LogP contribution in [0.2, 0.25) is 0 Å². The third kappa shape index (κ3) is 5.44. The molecule has 33 heavy (non-hydrogen) atoms. The van der Waals surface area contributed by atoms with E-state index in [-0.39, 0.29) is 54.7 Å². The molecule has 0 saturated heterocycles. The molecule has 1 saturated carbocycles. The van der Waals surface area contributed by atoms with E-state index < -0.39 is 18.4 Å². The molecule has 0 atom stereocenters. The minimum atomic E-state index is -3.01. The van der Waals surface area contributed by atoms with Crippen LogP contribution in [0.5, 0.6) is 5.88 Å². The van der Waals surface area contributed by atoms with Crippen molar-refractivity contribution in [1.82, 2.24) is 24.5 Å². The third-order valence-corrected chi connectivity index (χ3v) is 5.36. The molecule has 3 aromatic rings. The number of imidazole rings is 1. The van der Waals surface area contributed by atoms with Crippen molar-refractivity contribution in [2.24, 2.45) is 7.05 Å². The molecule has 3 heterocycles. The lowest BCUT2D eigenvalue weighted by Crippen LogP contribution is -2.24. The zero-order valence-electron chi connectivity index (χ0n) is 17.5. The van der Waals surface area contributed by atoms with Crippen LogP contribution in [0.15, 0.2) is 36.9 Å². The molecule has 0 unspecified atom stereocenters. The van der Waals surface area contributed by atoms with Crippen molar-refractivity contribution >= 4 is 11.6 Å². The molecule has 4 rings (SSSR count). The molecule has 3 aromatic heterocycles. The summed E-state index contributed by atoms with van der Waals surface area (Å²) < 4.78 is 57.7. The molecule has 0 aliphatic heterocycles. The van der Waals surface area contributed by atoms with Gasteiger partial charge in [0.1, 0.15) is 11.4 Å². The fraction of sp³-hybridized carbons (Fsp3) is 0.381.